The summed E-state index contributed by atoms with van der Waals surface area (Å²) in [6.45, 7) is 2.42. The number of carbonyl (C=O) groups excluding carboxylic acids is 1. The lowest BCUT2D eigenvalue weighted by molar-refractivity contribution is -0.121. The number of methoxy groups -OCH3 is 1. The fraction of sp³-hybridized carbons (Fsp3) is 0.462. The molecule has 0 aliphatic heterocycles. The molecule has 0 radical (unpaired) electrons. The van der Waals surface area contributed by atoms with E-state index in [4.69, 9.17) is 4.74 Å². The topological polar surface area (TPSA) is 50.4 Å². The molecule has 112 valence electrons. The zero-order chi connectivity index (χ0) is 15.1. The smallest absolute Gasteiger partial charge is 0.242 e. The molecule has 0 aliphatic rings. The Labute approximate surface area is 115 Å². The monoisotopic (exact) mass is 290 g/mol. The van der Waals surface area contributed by atoms with Crippen LogP contribution in [0, 0.1) is 17.5 Å². The average Bonchev–Trinajstić information content (AvgIpc) is 2.44. The standard InChI is InChI=1S/C13H17F3N2O2/c1-8(13(19)17-6-3-7-20-2)18-10-5-4-9(14)11(15)12(10)16/h4-5,8,18H,3,6-7H2,1-2H3,(H,17,19). The van der Waals surface area contributed by atoms with E-state index in [-0.39, 0.29) is 11.6 Å². The van der Waals surface area contributed by atoms with Crippen LogP contribution >= 0.6 is 0 Å². The van der Waals surface area contributed by atoms with Crippen LogP contribution in [-0.4, -0.2) is 32.2 Å². The number of amides is 1. The molecule has 0 bridgehead atoms. The van der Waals surface area contributed by atoms with Crippen LogP contribution in [0.2, 0.25) is 0 Å². The second-order valence-electron chi connectivity index (χ2n) is 4.23. The highest BCUT2D eigenvalue weighted by Crippen LogP contribution is 2.20. The molecule has 0 spiro atoms. The highest BCUT2D eigenvalue weighted by Gasteiger charge is 2.17. The van der Waals surface area contributed by atoms with Crippen LogP contribution in [0.15, 0.2) is 12.1 Å². The van der Waals surface area contributed by atoms with Crippen molar-refractivity contribution in [2.45, 2.75) is 19.4 Å². The lowest BCUT2D eigenvalue weighted by Gasteiger charge is -2.16. The second-order valence-corrected chi connectivity index (χ2v) is 4.23. The van der Waals surface area contributed by atoms with Gasteiger partial charge >= 0.3 is 0 Å². The normalized spacial score (nSPS) is 12.1. The van der Waals surface area contributed by atoms with Gasteiger partial charge in [-0.15, -0.1) is 0 Å². The van der Waals surface area contributed by atoms with E-state index in [2.05, 4.69) is 10.6 Å². The van der Waals surface area contributed by atoms with Crippen molar-refractivity contribution in [1.82, 2.24) is 5.32 Å². The molecule has 2 N–H and O–H groups in total. The maximum Gasteiger partial charge on any atom is 0.242 e. The van der Waals surface area contributed by atoms with E-state index in [0.29, 0.717) is 19.6 Å². The maximum absolute atomic E-state index is 13.4. The number of nitrogens with one attached hydrogen (secondary N) is 2. The summed E-state index contributed by atoms with van der Waals surface area (Å²) in [4.78, 5) is 11.7. The van der Waals surface area contributed by atoms with E-state index in [9.17, 15) is 18.0 Å². The first-order chi connectivity index (χ1) is 9.47. The molecule has 0 aromatic heterocycles. The number of hydrogen-bond acceptors (Lipinski definition) is 3. The van der Waals surface area contributed by atoms with E-state index in [1.165, 1.54) is 6.92 Å². The molecular formula is C13H17F3N2O2. The quantitative estimate of drug-likeness (QED) is 0.597. The molecule has 0 saturated heterocycles. The number of rotatable bonds is 7. The van der Waals surface area contributed by atoms with Crippen LogP contribution in [0.1, 0.15) is 13.3 Å². The summed E-state index contributed by atoms with van der Waals surface area (Å²) in [7, 11) is 1.55. The fourth-order valence-corrected chi connectivity index (χ4v) is 1.52. The summed E-state index contributed by atoms with van der Waals surface area (Å²) in [5, 5.41) is 5.11. The van der Waals surface area contributed by atoms with Crippen LogP contribution in [0.4, 0.5) is 18.9 Å². The van der Waals surface area contributed by atoms with Crippen molar-refractivity contribution in [1.29, 1.82) is 0 Å². The minimum Gasteiger partial charge on any atom is -0.385 e. The lowest BCUT2D eigenvalue weighted by Crippen LogP contribution is -2.38. The van der Waals surface area contributed by atoms with Crippen molar-refractivity contribution in [2.24, 2.45) is 0 Å². The molecule has 0 aliphatic carbocycles. The lowest BCUT2D eigenvalue weighted by atomic mass is 10.2. The molecule has 1 amide bonds. The third kappa shape index (κ3) is 4.41. The molecule has 1 aromatic carbocycles. The molecule has 4 nitrogen and oxygen atoms in total. The summed E-state index contributed by atoms with van der Waals surface area (Å²) in [6.07, 6.45) is 0.647. The van der Waals surface area contributed by atoms with Crippen molar-refractivity contribution in [3.8, 4) is 0 Å². The van der Waals surface area contributed by atoms with Gasteiger partial charge in [0.25, 0.3) is 0 Å². The van der Waals surface area contributed by atoms with Crippen molar-refractivity contribution in [3.05, 3.63) is 29.6 Å². The molecule has 1 rings (SSSR count). The summed E-state index contributed by atoms with van der Waals surface area (Å²) in [6, 6.07) is 1.06. The van der Waals surface area contributed by atoms with Crippen LogP contribution in [-0.2, 0) is 9.53 Å². The molecule has 0 heterocycles. The number of hydrogen-bond donors (Lipinski definition) is 2. The predicted octanol–water partition coefficient (Wildman–Crippen LogP) is 2.06. The van der Waals surface area contributed by atoms with E-state index in [1.807, 2.05) is 0 Å². The van der Waals surface area contributed by atoms with Gasteiger partial charge < -0.3 is 15.4 Å². The van der Waals surface area contributed by atoms with Crippen LogP contribution < -0.4 is 10.6 Å². The van der Waals surface area contributed by atoms with Gasteiger partial charge in [0.05, 0.1) is 5.69 Å². The SMILES string of the molecule is COCCCNC(=O)C(C)Nc1ccc(F)c(F)c1F. The number of anilines is 1. The fourth-order valence-electron chi connectivity index (χ4n) is 1.52. The highest BCUT2D eigenvalue weighted by atomic mass is 19.2. The Morgan fingerprint density at radius 3 is 2.65 bits per heavy atom. The third-order valence-corrected chi connectivity index (χ3v) is 2.62. The van der Waals surface area contributed by atoms with E-state index < -0.39 is 23.5 Å². The van der Waals surface area contributed by atoms with E-state index in [0.717, 1.165) is 12.1 Å². The molecule has 1 unspecified atom stereocenters. The van der Waals surface area contributed by atoms with Gasteiger partial charge in [0, 0.05) is 20.3 Å². The Hall–Kier alpha value is -1.76. The Bertz CT molecular complexity index is 469. The van der Waals surface area contributed by atoms with Gasteiger partial charge in [-0.2, -0.15) is 0 Å². The molecule has 1 atom stereocenters. The summed E-state index contributed by atoms with van der Waals surface area (Å²) < 4.78 is 44.0. The predicted molar refractivity (Wildman–Crippen MR) is 68.9 cm³/mol. The largest absolute Gasteiger partial charge is 0.385 e. The Kier molecular flexibility index (Phi) is 6.30. The van der Waals surface area contributed by atoms with Gasteiger partial charge in [-0.05, 0) is 25.5 Å². The minimum atomic E-state index is -1.57. The second kappa shape index (κ2) is 7.74. The summed E-state index contributed by atoms with van der Waals surface area (Å²) in [5.41, 5.74) is -0.261. The van der Waals surface area contributed by atoms with Crippen molar-refractivity contribution in [3.63, 3.8) is 0 Å². The van der Waals surface area contributed by atoms with Gasteiger partial charge in [-0.25, -0.2) is 13.2 Å². The molecule has 7 heteroatoms. The van der Waals surface area contributed by atoms with Crippen LogP contribution in [0.5, 0.6) is 0 Å². The van der Waals surface area contributed by atoms with Gasteiger partial charge in [0.1, 0.15) is 6.04 Å². The third-order valence-electron chi connectivity index (χ3n) is 2.62. The molecule has 0 saturated carbocycles. The Balaban J connectivity index is 2.55. The first-order valence-corrected chi connectivity index (χ1v) is 6.14. The van der Waals surface area contributed by atoms with E-state index in [1.54, 1.807) is 7.11 Å². The number of carbonyl (C=O) groups is 1. The minimum absolute atomic E-state index is 0.261. The van der Waals surface area contributed by atoms with Crippen LogP contribution in [0.25, 0.3) is 0 Å². The number of benzene rings is 1. The van der Waals surface area contributed by atoms with Gasteiger partial charge in [-0.3, -0.25) is 4.79 Å². The molecular weight excluding hydrogens is 273 g/mol. The zero-order valence-electron chi connectivity index (χ0n) is 11.3. The van der Waals surface area contributed by atoms with Crippen molar-refractivity contribution < 1.29 is 22.7 Å². The Morgan fingerprint density at radius 1 is 1.30 bits per heavy atom. The first kappa shape index (κ1) is 16.3. The maximum atomic E-state index is 13.4. The van der Waals surface area contributed by atoms with Crippen molar-refractivity contribution in [2.75, 3.05) is 25.6 Å². The van der Waals surface area contributed by atoms with Gasteiger partial charge in [0.2, 0.25) is 5.91 Å². The molecule has 20 heavy (non-hydrogen) atoms. The zero-order valence-corrected chi connectivity index (χ0v) is 11.3. The average molecular weight is 290 g/mol. The van der Waals surface area contributed by atoms with Crippen LogP contribution in [0.3, 0.4) is 0 Å². The molecule has 1 aromatic rings. The summed E-state index contributed by atoms with van der Waals surface area (Å²) in [5.74, 6) is -4.55. The summed E-state index contributed by atoms with van der Waals surface area (Å²) >= 11 is 0. The van der Waals surface area contributed by atoms with E-state index >= 15 is 0 Å². The van der Waals surface area contributed by atoms with Gasteiger partial charge in [-0.1, -0.05) is 0 Å². The van der Waals surface area contributed by atoms with Crippen molar-refractivity contribution >= 4 is 11.6 Å². The first-order valence-electron chi connectivity index (χ1n) is 6.14. The molecule has 0 fully saturated rings. The number of halogens is 3. The highest BCUT2D eigenvalue weighted by molar-refractivity contribution is 5.84. The van der Waals surface area contributed by atoms with Gasteiger partial charge in [0.15, 0.2) is 17.5 Å². The number of ether oxygens (including phenoxy) is 1. The Morgan fingerprint density at radius 2 is 2.00 bits per heavy atom.